The number of rotatable bonds is 1. The lowest BCUT2D eigenvalue weighted by Crippen LogP contribution is -2.07. The van der Waals surface area contributed by atoms with E-state index in [0.29, 0.717) is 10.6 Å². The van der Waals surface area contributed by atoms with Gasteiger partial charge in [-0.3, -0.25) is 0 Å². The standard InChI is InChI=1S/C10H8ClNO2S/c11-8-3-1-7(2-4-8)9-5-6-15(13,14)10(9)12/h1-6H,12H2. The largest absolute Gasteiger partial charge is 0.389 e. The van der Waals surface area contributed by atoms with Gasteiger partial charge in [0.1, 0.15) is 5.03 Å². The molecular formula is C10H8ClNO2S. The van der Waals surface area contributed by atoms with Crippen molar-refractivity contribution in [2.45, 2.75) is 0 Å². The maximum atomic E-state index is 11.3. The number of allylic oxidation sites excluding steroid dienone is 2. The molecule has 0 unspecified atom stereocenters. The Bertz CT molecular complexity index is 556. The highest BCUT2D eigenvalue weighted by atomic mass is 35.5. The van der Waals surface area contributed by atoms with Gasteiger partial charge < -0.3 is 5.73 Å². The van der Waals surface area contributed by atoms with E-state index in [0.717, 1.165) is 11.0 Å². The molecule has 0 radical (unpaired) electrons. The van der Waals surface area contributed by atoms with Gasteiger partial charge in [0.05, 0.1) is 0 Å². The topological polar surface area (TPSA) is 60.2 Å². The Kier molecular flexibility index (Phi) is 2.32. The zero-order chi connectivity index (χ0) is 11.1. The first kappa shape index (κ1) is 10.3. The minimum atomic E-state index is -3.39. The van der Waals surface area contributed by atoms with E-state index in [-0.39, 0.29) is 5.03 Å². The van der Waals surface area contributed by atoms with Gasteiger partial charge in [-0.25, -0.2) is 8.42 Å². The van der Waals surface area contributed by atoms with Crippen LogP contribution in [0, 0.1) is 0 Å². The molecule has 1 aromatic carbocycles. The number of nitrogens with two attached hydrogens (primary N) is 1. The highest BCUT2D eigenvalue weighted by Gasteiger charge is 2.21. The van der Waals surface area contributed by atoms with E-state index in [9.17, 15) is 8.42 Å². The summed E-state index contributed by atoms with van der Waals surface area (Å²) in [5, 5.41) is 1.60. The van der Waals surface area contributed by atoms with Crippen molar-refractivity contribution in [2.24, 2.45) is 5.73 Å². The van der Waals surface area contributed by atoms with Crippen LogP contribution >= 0.6 is 11.6 Å². The third kappa shape index (κ3) is 1.78. The molecule has 1 aliphatic heterocycles. The average molecular weight is 242 g/mol. The summed E-state index contributed by atoms with van der Waals surface area (Å²) in [4.78, 5) is 0. The molecule has 0 atom stereocenters. The Morgan fingerprint density at radius 1 is 1.13 bits per heavy atom. The van der Waals surface area contributed by atoms with Gasteiger partial charge in [-0.05, 0) is 23.8 Å². The molecule has 15 heavy (non-hydrogen) atoms. The zero-order valence-corrected chi connectivity index (χ0v) is 9.22. The molecule has 1 heterocycles. The summed E-state index contributed by atoms with van der Waals surface area (Å²) >= 11 is 5.73. The van der Waals surface area contributed by atoms with Crippen LogP contribution in [-0.2, 0) is 9.84 Å². The summed E-state index contributed by atoms with van der Waals surface area (Å²) in [6, 6.07) is 6.84. The van der Waals surface area contributed by atoms with Crippen molar-refractivity contribution in [3.8, 4) is 0 Å². The minimum absolute atomic E-state index is 0.107. The molecule has 3 nitrogen and oxygen atoms in total. The minimum Gasteiger partial charge on any atom is -0.389 e. The van der Waals surface area contributed by atoms with Gasteiger partial charge >= 0.3 is 0 Å². The van der Waals surface area contributed by atoms with Gasteiger partial charge in [-0.15, -0.1) is 0 Å². The van der Waals surface area contributed by atoms with E-state index in [1.165, 1.54) is 6.08 Å². The first-order valence-corrected chi connectivity index (χ1v) is 6.12. The summed E-state index contributed by atoms with van der Waals surface area (Å²) in [6.45, 7) is 0. The van der Waals surface area contributed by atoms with Crippen LogP contribution in [0.5, 0.6) is 0 Å². The van der Waals surface area contributed by atoms with E-state index in [2.05, 4.69) is 0 Å². The lowest BCUT2D eigenvalue weighted by molar-refractivity contribution is 0.610. The van der Waals surface area contributed by atoms with Crippen molar-refractivity contribution in [2.75, 3.05) is 0 Å². The second-order valence-corrected chi connectivity index (χ2v) is 5.37. The monoisotopic (exact) mass is 241 g/mol. The van der Waals surface area contributed by atoms with Crippen LogP contribution < -0.4 is 5.73 Å². The number of hydrogen-bond acceptors (Lipinski definition) is 3. The third-order valence-corrected chi connectivity index (χ3v) is 3.72. The van der Waals surface area contributed by atoms with E-state index >= 15 is 0 Å². The van der Waals surface area contributed by atoms with Crippen LogP contribution in [-0.4, -0.2) is 8.42 Å². The van der Waals surface area contributed by atoms with Crippen molar-refractivity contribution >= 4 is 27.0 Å². The van der Waals surface area contributed by atoms with Gasteiger partial charge in [0.15, 0.2) is 0 Å². The smallest absolute Gasteiger partial charge is 0.215 e. The highest BCUT2D eigenvalue weighted by molar-refractivity contribution is 7.98. The lowest BCUT2D eigenvalue weighted by Gasteiger charge is -2.01. The maximum absolute atomic E-state index is 11.3. The van der Waals surface area contributed by atoms with E-state index in [1.807, 2.05) is 0 Å². The Morgan fingerprint density at radius 3 is 2.20 bits per heavy atom. The first-order chi connectivity index (χ1) is 7.00. The normalized spacial score (nSPS) is 18.5. The third-order valence-electron chi connectivity index (χ3n) is 2.14. The molecule has 0 saturated carbocycles. The SMILES string of the molecule is NC1=C(c2ccc(Cl)cc2)C=CS1(=O)=O. The Hall–Kier alpha value is -1.26. The molecule has 0 aliphatic carbocycles. The molecule has 5 heteroatoms. The molecule has 2 N–H and O–H groups in total. The van der Waals surface area contributed by atoms with Crippen LogP contribution in [0.1, 0.15) is 5.56 Å². The van der Waals surface area contributed by atoms with Crippen LogP contribution in [0.15, 0.2) is 40.8 Å². The van der Waals surface area contributed by atoms with Crippen LogP contribution in [0.2, 0.25) is 5.02 Å². The Balaban J connectivity index is 2.55. The van der Waals surface area contributed by atoms with Crippen LogP contribution in [0.3, 0.4) is 0 Å². The van der Waals surface area contributed by atoms with E-state index in [1.54, 1.807) is 24.3 Å². The second kappa shape index (κ2) is 3.40. The van der Waals surface area contributed by atoms with Crippen molar-refractivity contribution in [1.29, 1.82) is 0 Å². The molecule has 0 amide bonds. The van der Waals surface area contributed by atoms with Gasteiger partial charge in [-0.1, -0.05) is 23.7 Å². The molecule has 0 saturated heterocycles. The molecule has 78 valence electrons. The van der Waals surface area contributed by atoms with Crippen molar-refractivity contribution in [1.82, 2.24) is 0 Å². The number of sulfone groups is 1. The molecule has 2 rings (SSSR count). The zero-order valence-electron chi connectivity index (χ0n) is 7.64. The van der Waals surface area contributed by atoms with Gasteiger partial charge in [0.2, 0.25) is 9.84 Å². The van der Waals surface area contributed by atoms with Crippen LogP contribution in [0.25, 0.3) is 5.57 Å². The van der Waals surface area contributed by atoms with Gasteiger partial charge in [0.25, 0.3) is 0 Å². The summed E-state index contributed by atoms with van der Waals surface area (Å²) in [5.74, 6) is 0. The quantitative estimate of drug-likeness (QED) is 0.817. The second-order valence-electron chi connectivity index (χ2n) is 3.13. The molecule has 0 aromatic heterocycles. The van der Waals surface area contributed by atoms with E-state index in [4.69, 9.17) is 17.3 Å². The molecule has 0 bridgehead atoms. The van der Waals surface area contributed by atoms with Gasteiger partial charge in [0, 0.05) is 16.0 Å². The van der Waals surface area contributed by atoms with Crippen molar-refractivity contribution < 1.29 is 8.42 Å². The molecule has 0 fully saturated rings. The predicted octanol–water partition coefficient (Wildman–Crippen LogP) is 1.91. The lowest BCUT2D eigenvalue weighted by atomic mass is 10.1. The molecule has 1 aromatic rings. The maximum Gasteiger partial charge on any atom is 0.215 e. The summed E-state index contributed by atoms with van der Waals surface area (Å²) < 4.78 is 22.6. The summed E-state index contributed by atoms with van der Waals surface area (Å²) in [6.07, 6.45) is 1.49. The van der Waals surface area contributed by atoms with E-state index < -0.39 is 9.84 Å². The predicted molar refractivity (Wildman–Crippen MR) is 60.6 cm³/mol. The Labute approximate surface area is 92.8 Å². The summed E-state index contributed by atoms with van der Waals surface area (Å²) in [7, 11) is -3.39. The average Bonchev–Trinajstić information content (AvgIpc) is 2.45. The molecular weight excluding hydrogens is 234 g/mol. The van der Waals surface area contributed by atoms with Crippen LogP contribution in [0.4, 0.5) is 0 Å². The molecule has 1 aliphatic rings. The highest BCUT2D eigenvalue weighted by Crippen LogP contribution is 2.28. The number of hydrogen-bond donors (Lipinski definition) is 1. The number of halogens is 1. The fourth-order valence-electron chi connectivity index (χ4n) is 1.33. The fraction of sp³-hybridized carbons (Fsp3) is 0. The number of benzene rings is 1. The van der Waals surface area contributed by atoms with Gasteiger partial charge in [-0.2, -0.15) is 0 Å². The fourth-order valence-corrected chi connectivity index (χ4v) is 2.41. The summed E-state index contributed by atoms with van der Waals surface area (Å²) in [5.41, 5.74) is 6.79. The first-order valence-electron chi connectivity index (χ1n) is 4.19. The van der Waals surface area contributed by atoms with Crippen molar-refractivity contribution in [3.63, 3.8) is 0 Å². The molecule has 0 spiro atoms. The van der Waals surface area contributed by atoms with Crippen molar-refractivity contribution in [3.05, 3.63) is 51.4 Å². The Morgan fingerprint density at radius 2 is 1.73 bits per heavy atom.